The zero-order chi connectivity index (χ0) is 46.3. The standard InChI is InChI=1S/2C25H34Cl2FNOSi/c2*1-16(2)22-15-29(22)23(17-11-12-20(27)21(28)14-17)24(18-9-8-10-19(26)13-18)30-31(6,7)25(3,4)5/h2*8-14,16,22-24H,15H2,1-7H3/t22-,23+,24+,29?;22-,23-,24-,29?/m01/s1. The van der Waals surface area contributed by atoms with Crippen molar-refractivity contribution in [3.05, 3.63) is 139 Å². The van der Waals surface area contributed by atoms with Gasteiger partial charge in [-0.25, -0.2) is 8.78 Å². The molecule has 340 valence electrons. The summed E-state index contributed by atoms with van der Waals surface area (Å²) in [5.41, 5.74) is 3.81. The molecule has 4 nitrogen and oxygen atoms in total. The zero-order valence-electron chi connectivity index (χ0n) is 39.1. The molecule has 4 aromatic rings. The summed E-state index contributed by atoms with van der Waals surface area (Å²) in [6.45, 7) is 33.3. The van der Waals surface area contributed by atoms with Crippen LogP contribution in [-0.2, 0) is 8.85 Å². The molecule has 2 aliphatic heterocycles. The van der Waals surface area contributed by atoms with Crippen LogP contribution in [0, 0.1) is 23.5 Å². The van der Waals surface area contributed by atoms with Crippen LogP contribution in [-0.4, -0.2) is 51.6 Å². The third-order valence-corrected chi connectivity index (χ3v) is 23.6. The molecule has 2 aliphatic rings. The number of rotatable bonds is 14. The number of hydrogen-bond donors (Lipinski definition) is 0. The second kappa shape index (κ2) is 20.0. The van der Waals surface area contributed by atoms with Crippen molar-refractivity contribution in [1.82, 2.24) is 9.80 Å². The number of halogens is 6. The molecule has 2 saturated heterocycles. The summed E-state index contributed by atoms with van der Waals surface area (Å²) in [5.74, 6) is 0.216. The summed E-state index contributed by atoms with van der Waals surface area (Å²) in [5, 5.41) is 1.70. The average Bonchev–Trinajstić information content (AvgIpc) is 4.09. The van der Waals surface area contributed by atoms with E-state index in [0.29, 0.717) is 34.0 Å². The van der Waals surface area contributed by atoms with Crippen molar-refractivity contribution in [3.8, 4) is 0 Å². The molecule has 2 unspecified atom stereocenters. The summed E-state index contributed by atoms with van der Waals surface area (Å²) in [6, 6.07) is 26.7. The first-order chi connectivity index (χ1) is 28.6. The van der Waals surface area contributed by atoms with Crippen molar-refractivity contribution in [3.63, 3.8) is 0 Å². The van der Waals surface area contributed by atoms with Crippen molar-refractivity contribution in [2.45, 2.75) is 142 Å². The normalized spacial score (nSPS) is 21.3. The lowest BCUT2D eigenvalue weighted by atomic mass is 9.95. The maximum Gasteiger partial charge on any atom is 0.193 e. The van der Waals surface area contributed by atoms with Crippen molar-refractivity contribution in [1.29, 1.82) is 0 Å². The fraction of sp³-hybridized carbons (Fsp3) is 0.520. The van der Waals surface area contributed by atoms with Gasteiger partial charge in [0.15, 0.2) is 16.6 Å². The van der Waals surface area contributed by atoms with Gasteiger partial charge in [-0.15, -0.1) is 0 Å². The largest absolute Gasteiger partial charge is 0.408 e. The van der Waals surface area contributed by atoms with Crippen LogP contribution in [0.4, 0.5) is 8.78 Å². The quantitative estimate of drug-likeness (QED) is 0.0928. The minimum Gasteiger partial charge on any atom is -0.408 e. The zero-order valence-corrected chi connectivity index (χ0v) is 44.1. The molecule has 0 aromatic heterocycles. The van der Waals surface area contributed by atoms with Gasteiger partial charge in [0.2, 0.25) is 0 Å². The molecule has 8 atom stereocenters. The Morgan fingerprint density at radius 1 is 0.532 bits per heavy atom. The molecule has 4 aromatic carbocycles. The maximum atomic E-state index is 14.5. The van der Waals surface area contributed by atoms with Gasteiger partial charge in [-0.3, -0.25) is 9.80 Å². The van der Waals surface area contributed by atoms with E-state index in [1.54, 1.807) is 24.3 Å². The summed E-state index contributed by atoms with van der Waals surface area (Å²) in [7, 11) is -4.29. The van der Waals surface area contributed by atoms with Crippen molar-refractivity contribution < 1.29 is 17.6 Å². The Morgan fingerprint density at radius 2 is 0.871 bits per heavy atom. The Kier molecular flexibility index (Phi) is 16.5. The first kappa shape index (κ1) is 51.2. The molecule has 0 spiro atoms. The Balaban J connectivity index is 0.000000234. The molecule has 0 saturated carbocycles. The number of hydrogen-bond acceptors (Lipinski definition) is 4. The first-order valence-corrected chi connectivity index (χ1v) is 29.2. The van der Waals surface area contributed by atoms with Gasteiger partial charge in [-0.05, 0) is 119 Å². The highest BCUT2D eigenvalue weighted by Crippen LogP contribution is 2.51. The van der Waals surface area contributed by atoms with Crippen LogP contribution in [0.25, 0.3) is 0 Å². The third kappa shape index (κ3) is 12.3. The molecule has 0 radical (unpaired) electrons. The number of nitrogens with zero attached hydrogens (tertiary/aromatic N) is 2. The topological polar surface area (TPSA) is 24.5 Å². The smallest absolute Gasteiger partial charge is 0.193 e. The predicted molar refractivity (Wildman–Crippen MR) is 264 cm³/mol. The highest BCUT2D eigenvalue weighted by molar-refractivity contribution is 6.74. The maximum absolute atomic E-state index is 14.5. The van der Waals surface area contributed by atoms with Gasteiger partial charge in [0.05, 0.1) is 34.3 Å². The van der Waals surface area contributed by atoms with Gasteiger partial charge in [0.25, 0.3) is 0 Å². The van der Waals surface area contributed by atoms with Crippen LogP contribution in [0.15, 0.2) is 84.9 Å². The van der Waals surface area contributed by atoms with Crippen molar-refractivity contribution in [2.24, 2.45) is 11.8 Å². The van der Waals surface area contributed by atoms with E-state index in [0.717, 1.165) is 35.3 Å². The van der Waals surface area contributed by atoms with E-state index >= 15 is 0 Å². The molecule has 0 aliphatic carbocycles. The highest BCUT2D eigenvalue weighted by atomic mass is 35.5. The molecule has 12 heteroatoms. The summed E-state index contributed by atoms with van der Waals surface area (Å²) in [6.07, 6.45) is -0.521. The van der Waals surface area contributed by atoms with Crippen LogP contribution in [0.5, 0.6) is 0 Å². The van der Waals surface area contributed by atoms with Gasteiger partial charge >= 0.3 is 0 Å². The molecular weight excluding hydrogens is 897 g/mol. The molecule has 6 rings (SSSR count). The van der Waals surface area contributed by atoms with Crippen LogP contribution in [0.2, 0.25) is 56.4 Å². The van der Waals surface area contributed by atoms with Crippen molar-refractivity contribution in [2.75, 3.05) is 13.1 Å². The van der Waals surface area contributed by atoms with E-state index in [9.17, 15) is 8.78 Å². The fourth-order valence-electron chi connectivity index (χ4n) is 7.62. The van der Waals surface area contributed by atoms with E-state index in [4.69, 9.17) is 55.3 Å². The molecule has 2 fully saturated rings. The first-order valence-electron chi connectivity index (χ1n) is 21.9. The third-order valence-electron chi connectivity index (χ3n) is 13.6. The van der Waals surface area contributed by atoms with Crippen LogP contribution in [0.1, 0.15) is 116 Å². The van der Waals surface area contributed by atoms with Crippen molar-refractivity contribution >= 4 is 63.0 Å². The van der Waals surface area contributed by atoms with Gasteiger partial charge in [0.1, 0.15) is 11.6 Å². The van der Waals surface area contributed by atoms with Crippen LogP contribution < -0.4 is 0 Å². The Morgan fingerprint density at radius 3 is 1.13 bits per heavy atom. The van der Waals surface area contributed by atoms with Gasteiger partial charge in [-0.2, -0.15) is 0 Å². The second-order valence-electron chi connectivity index (χ2n) is 21.0. The molecule has 0 N–H and O–H groups in total. The highest BCUT2D eigenvalue weighted by Gasteiger charge is 2.50. The second-order valence-corrected chi connectivity index (χ2v) is 32.2. The minimum absolute atomic E-state index is 0.0377. The summed E-state index contributed by atoms with van der Waals surface area (Å²) < 4.78 is 43.2. The fourth-order valence-corrected chi connectivity index (χ4v) is 10.8. The molecule has 2 heterocycles. The molecule has 62 heavy (non-hydrogen) atoms. The Bertz CT molecular complexity index is 2010. The van der Waals surface area contributed by atoms with E-state index in [1.165, 1.54) is 0 Å². The SMILES string of the molecule is CC(C)[C@@H]1CN1[C@H](c1ccc(Cl)c(F)c1)[C@H](O[Si](C)(C)C(C)(C)C)c1cccc(Cl)c1.CC(C)[C@H]1CN1[C@H](c1ccc(Cl)c(F)c1)[C@H](O[Si](C)(C)C(C)(C)C)c1cccc(Cl)c1. The monoisotopic (exact) mass is 962 g/mol. The Hall–Kier alpha value is -1.83. The predicted octanol–water partition coefficient (Wildman–Crippen LogP) is 16.6. The summed E-state index contributed by atoms with van der Waals surface area (Å²) >= 11 is 24.8. The van der Waals surface area contributed by atoms with Gasteiger partial charge < -0.3 is 8.85 Å². The summed E-state index contributed by atoms with van der Waals surface area (Å²) in [4.78, 5) is 4.85. The number of benzene rings is 4. The Labute approximate surface area is 393 Å². The molecule has 0 amide bonds. The molecular formula is C50H68Cl4F2N2O2Si2. The van der Waals surface area contributed by atoms with Gasteiger partial charge in [0, 0.05) is 35.2 Å². The van der Waals surface area contributed by atoms with Gasteiger partial charge in [-0.1, -0.05) is 152 Å². The van der Waals surface area contributed by atoms with E-state index < -0.39 is 28.3 Å². The lowest BCUT2D eigenvalue weighted by Gasteiger charge is -2.42. The van der Waals surface area contributed by atoms with Crippen LogP contribution >= 0.6 is 46.4 Å². The lowest BCUT2D eigenvalue weighted by Crippen LogP contribution is -2.43. The van der Waals surface area contributed by atoms with E-state index in [-0.39, 0.29) is 44.4 Å². The average molecular weight is 965 g/mol. The lowest BCUT2D eigenvalue weighted by molar-refractivity contribution is 0.101. The minimum atomic E-state index is -2.15. The molecule has 0 bridgehead atoms. The van der Waals surface area contributed by atoms with E-state index in [2.05, 4.69) is 117 Å². The van der Waals surface area contributed by atoms with Crippen LogP contribution in [0.3, 0.4) is 0 Å². The van der Waals surface area contributed by atoms with E-state index in [1.807, 2.05) is 48.5 Å².